The van der Waals surface area contributed by atoms with Crippen molar-refractivity contribution in [2.24, 2.45) is 29.6 Å². The molecule has 5 nitrogen and oxygen atoms in total. The highest BCUT2D eigenvalue weighted by molar-refractivity contribution is 8.18. The van der Waals surface area contributed by atoms with Crippen molar-refractivity contribution >= 4 is 46.1 Å². The Bertz CT molecular complexity index is 1270. The lowest BCUT2D eigenvalue weighted by atomic mass is 9.68. The summed E-state index contributed by atoms with van der Waals surface area (Å²) in [6.45, 7) is 0. The third-order valence-electron chi connectivity index (χ3n) is 8.39. The molecule has 0 spiro atoms. The zero-order chi connectivity index (χ0) is 23.1. The van der Waals surface area contributed by atoms with E-state index in [0.29, 0.717) is 17.9 Å². The molecule has 172 valence electrons. The summed E-state index contributed by atoms with van der Waals surface area (Å²) >= 11 is 3.22. The van der Waals surface area contributed by atoms with E-state index in [9.17, 15) is 14.4 Å². The number of nitrogens with zero attached hydrogens (tertiary/aromatic N) is 1. The van der Waals surface area contributed by atoms with Crippen LogP contribution in [0.25, 0.3) is 0 Å². The fourth-order valence-corrected chi connectivity index (χ4v) is 10.5. The Hall–Kier alpha value is -2.51. The summed E-state index contributed by atoms with van der Waals surface area (Å²) in [6.07, 6.45) is 1.40. The minimum atomic E-state index is -0.292. The van der Waals surface area contributed by atoms with E-state index in [2.05, 4.69) is 24.3 Å². The number of amides is 2. The molecule has 0 N–H and O–H groups in total. The lowest BCUT2D eigenvalue weighted by Gasteiger charge is -2.44. The van der Waals surface area contributed by atoms with Gasteiger partial charge in [0.2, 0.25) is 11.8 Å². The molecule has 5 aliphatic rings. The molecule has 0 aromatic heterocycles. The maximum Gasteiger partial charge on any atom is 0.238 e. The topological polar surface area (TPSA) is 63.7 Å². The summed E-state index contributed by atoms with van der Waals surface area (Å²) in [5, 5.41) is 0.469. The third kappa shape index (κ3) is 2.68. The number of carbonyl (C=O) groups excluding carboxylic acids is 3. The van der Waals surface area contributed by atoms with E-state index in [1.54, 1.807) is 19.2 Å². The van der Waals surface area contributed by atoms with Crippen LogP contribution in [-0.4, -0.2) is 29.3 Å². The highest BCUT2D eigenvalue weighted by Crippen LogP contribution is 2.70. The van der Waals surface area contributed by atoms with Gasteiger partial charge in [0.15, 0.2) is 5.12 Å². The summed E-state index contributed by atoms with van der Waals surface area (Å²) in [4.78, 5) is 43.8. The van der Waals surface area contributed by atoms with Crippen LogP contribution < -0.4 is 9.64 Å². The van der Waals surface area contributed by atoms with E-state index in [4.69, 9.17) is 4.74 Å². The first-order valence-corrected chi connectivity index (χ1v) is 13.4. The fraction of sp³-hybridized carbons (Fsp3) is 0.370. The van der Waals surface area contributed by atoms with Crippen LogP contribution in [0.15, 0.2) is 64.4 Å². The van der Waals surface area contributed by atoms with Gasteiger partial charge in [-0.15, -0.1) is 11.8 Å². The summed E-state index contributed by atoms with van der Waals surface area (Å²) in [7, 11) is 1.57. The lowest BCUT2D eigenvalue weighted by Crippen LogP contribution is -2.42. The predicted octanol–water partition coefficient (Wildman–Crippen LogP) is 4.84. The Labute approximate surface area is 206 Å². The number of allylic oxidation sites excluding steroid dienone is 2. The van der Waals surface area contributed by atoms with E-state index >= 15 is 0 Å². The summed E-state index contributed by atoms with van der Waals surface area (Å²) in [5.41, 5.74) is 1.76. The van der Waals surface area contributed by atoms with Crippen molar-refractivity contribution in [2.75, 3.05) is 12.0 Å². The number of imide groups is 1. The van der Waals surface area contributed by atoms with Crippen molar-refractivity contribution in [3.8, 4) is 5.75 Å². The minimum Gasteiger partial charge on any atom is -0.495 e. The van der Waals surface area contributed by atoms with E-state index in [0.717, 1.165) is 6.42 Å². The number of hydrogen-bond donors (Lipinski definition) is 0. The molecule has 3 aliphatic heterocycles. The molecule has 2 aromatic rings. The highest BCUT2D eigenvalue weighted by Gasteiger charge is 2.70. The van der Waals surface area contributed by atoms with Gasteiger partial charge in [0.25, 0.3) is 0 Å². The summed E-state index contributed by atoms with van der Waals surface area (Å²) in [5.74, 6) is 0.473. The molecule has 7 rings (SSSR count). The van der Waals surface area contributed by atoms with Gasteiger partial charge in [-0.1, -0.05) is 54.2 Å². The largest absolute Gasteiger partial charge is 0.495 e. The van der Waals surface area contributed by atoms with E-state index < -0.39 is 0 Å². The van der Waals surface area contributed by atoms with Gasteiger partial charge < -0.3 is 4.74 Å². The number of fused-ring (bicyclic) bond motifs is 8. The van der Waals surface area contributed by atoms with E-state index in [-0.39, 0.29) is 57.7 Å². The Morgan fingerprint density at radius 2 is 1.62 bits per heavy atom. The number of benzene rings is 2. The maximum atomic E-state index is 13.8. The zero-order valence-electron chi connectivity index (χ0n) is 18.5. The zero-order valence-corrected chi connectivity index (χ0v) is 20.2. The SMILES string of the molecule is COc1ccccc1N1C(=O)[C@@H]2[C@H]3C[C@@H]([C@@H]2C1=O)[C@H]1[C@@H]3SC2=C(SC(=O)C2)[C@@H]1c1ccccc1. The second-order valence-corrected chi connectivity index (χ2v) is 12.2. The van der Waals surface area contributed by atoms with Crippen LogP contribution in [0.1, 0.15) is 24.3 Å². The lowest BCUT2D eigenvalue weighted by molar-refractivity contribution is -0.123. The average Bonchev–Trinajstić information content (AvgIpc) is 3.58. The molecule has 3 fully saturated rings. The normalized spacial score (nSPS) is 35.6. The van der Waals surface area contributed by atoms with Crippen LogP contribution >= 0.6 is 23.5 Å². The average molecular weight is 490 g/mol. The van der Waals surface area contributed by atoms with Crippen molar-refractivity contribution in [1.82, 2.24) is 0 Å². The number of hydrogen-bond acceptors (Lipinski definition) is 6. The fourth-order valence-electron chi connectivity index (χ4n) is 7.28. The Balaban J connectivity index is 1.31. The molecule has 2 saturated carbocycles. The minimum absolute atomic E-state index is 0.0843. The molecule has 0 radical (unpaired) electrons. The smallest absolute Gasteiger partial charge is 0.238 e. The van der Waals surface area contributed by atoms with Gasteiger partial charge in [-0.3, -0.25) is 14.4 Å². The van der Waals surface area contributed by atoms with Crippen LogP contribution in [0, 0.1) is 29.6 Å². The van der Waals surface area contributed by atoms with Crippen molar-refractivity contribution in [3.05, 3.63) is 70.0 Å². The van der Waals surface area contributed by atoms with Gasteiger partial charge in [-0.25, -0.2) is 4.90 Å². The standard InChI is InChI=1S/C27H23NO4S2/c1-32-17-10-6-5-9-16(17)28-26(30)22-14-11-15(23(22)27(28)31)24-21(14)20(13-7-3-2-4-8-13)25-18(33-24)12-19(29)34-25/h2-10,14-15,20-24H,11-12H2,1H3/t14-,15-,20-,21-,22+,23-,24-/m1/s1. The van der Waals surface area contributed by atoms with Crippen LogP contribution in [0.2, 0.25) is 0 Å². The molecule has 34 heavy (non-hydrogen) atoms. The number of anilines is 1. The van der Waals surface area contributed by atoms with Gasteiger partial charge in [0, 0.05) is 27.4 Å². The number of carbonyl (C=O) groups is 3. The molecule has 2 amide bonds. The predicted molar refractivity (Wildman–Crippen MR) is 132 cm³/mol. The van der Waals surface area contributed by atoms with Gasteiger partial charge in [0.1, 0.15) is 5.75 Å². The van der Waals surface area contributed by atoms with Crippen molar-refractivity contribution < 1.29 is 19.1 Å². The van der Waals surface area contributed by atoms with Crippen LogP contribution in [0.4, 0.5) is 5.69 Å². The van der Waals surface area contributed by atoms with Gasteiger partial charge >= 0.3 is 0 Å². The Morgan fingerprint density at radius 1 is 0.912 bits per heavy atom. The number of ether oxygens (including phenoxy) is 1. The monoisotopic (exact) mass is 489 g/mol. The maximum absolute atomic E-state index is 13.8. The van der Waals surface area contributed by atoms with Crippen molar-refractivity contribution in [3.63, 3.8) is 0 Å². The highest BCUT2D eigenvalue weighted by atomic mass is 32.2. The molecule has 7 atom stereocenters. The molecule has 2 aromatic carbocycles. The molecule has 2 bridgehead atoms. The quantitative estimate of drug-likeness (QED) is 0.575. The number of methoxy groups -OCH3 is 1. The molecule has 0 unspecified atom stereocenters. The van der Waals surface area contributed by atoms with Gasteiger partial charge in [-0.2, -0.15) is 0 Å². The molecule has 1 saturated heterocycles. The number of rotatable bonds is 3. The van der Waals surface area contributed by atoms with Crippen molar-refractivity contribution in [2.45, 2.75) is 24.0 Å². The van der Waals surface area contributed by atoms with Crippen LogP contribution in [-0.2, 0) is 14.4 Å². The molecular formula is C27H23NO4S2. The molecular weight excluding hydrogens is 466 g/mol. The second-order valence-electron chi connectivity index (χ2n) is 9.79. The third-order valence-corrected chi connectivity index (χ3v) is 11.2. The second kappa shape index (κ2) is 7.49. The molecule has 7 heteroatoms. The first-order valence-electron chi connectivity index (χ1n) is 11.7. The van der Waals surface area contributed by atoms with Crippen LogP contribution in [0.5, 0.6) is 5.75 Å². The number of para-hydroxylation sites is 2. The molecule has 3 heterocycles. The Kier molecular flexibility index (Phi) is 4.59. The summed E-state index contributed by atoms with van der Waals surface area (Å²) < 4.78 is 5.48. The number of thioether (sulfide) groups is 2. The first kappa shape index (κ1) is 20.8. The summed E-state index contributed by atoms with van der Waals surface area (Å²) in [6, 6.07) is 17.7. The van der Waals surface area contributed by atoms with E-state index in [1.807, 2.05) is 30.0 Å². The van der Waals surface area contributed by atoms with E-state index in [1.165, 1.54) is 32.0 Å². The first-order chi connectivity index (χ1) is 16.6. The molecule has 2 aliphatic carbocycles. The van der Waals surface area contributed by atoms with Crippen LogP contribution in [0.3, 0.4) is 0 Å². The van der Waals surface area contributed by atoms with Gasteiger partial charge in [-0.05, 0) is 41.9 Å². The Morgan fingerprint density at radius 3 is 2.38 bits per heavy atom. The van der Waals surface area contributed by atoms with Crippen molar-refractivity contribution in [1.29, 1.82) is 0 Å². The van der Waals surface area contributed by atoms with Gasteiger partial charge in [0.05, 0.1) is 24.6 Å².